The third-order valence-corrected chi connectivity index (χ3v) is 2.68. The van der Waals surface area contributed by atoms with Crippen molar-refractivity contribution in [3.63, 3.8) is 0 Å². The van der Waals surface area contributed by atoms with Crippen LogP contribution in [-0.2, 0) is 6.54 Å². The SMILES string of the molecule is Fc1ccc(NCc2coc(-c3ccco3)n2)cc1F. The Morgan fingerprint density at radius 3 is 2.75 bits per heavy atom. The van der Waals surface area contributed by atoms with Gasteiger partial charge < -0.3 is 14.2 Å². The van der Waals surface area contributed by atoms with Crippen LogP contribution in [0.1, 0.15) is 5.69 Å². The molecule has 20 heavy (non-hydrogen) atoms. The van der Waals surface area contributed by atoms with Crippen molar-refractivity contribution >= 4 is 5.69 Å². The zero-order valence-corrected chi connectivity index (χ0v) is 10.3. The molecule has 3 aromatic rings. The summed E-state index contributed by atoms with van der Waals surface area (Å²) in [6.07, 6.45) is 3.00. The lowest BCUT2D eigenvalue weighted by atomic mass is 10.3. The van der Waals surface area contributed by atoms with Gasteiger partial charge in [-0.3, -0.25) is 0 Å². The maximum absolute atomic E-state index is 13.0. The van der Waals surface area contributed by atoms with Crippen molar-refractivity contribution in [3.8, 4) is 11.7 Å². The Morgan fingerprint density at radius 2 is 2.00 bits per heavy atom. The van der Waals surface area contributed by atoms with Crippen LogP contribution < -0.4 is 5.32 Å². The van der Waals surface area contributed by atoms with E-state index in [0.29, 0.717) is 29.6 Å². The van der Waals surface area contributed by atoms with Gasteiger partial charge in [-0.2, -0.15) is 0 Å². The van der Waals surface area contributed by atoms with Crippen LogP contribution in [0.2, 0.25) is 0 Å². The van der Waals surface area contributed by atoms with Gasteiger partial charge >= 0.3 is 0 Å². The number of nitrogens with zero attached hydrogens (tertiary/aromatic N) is 1. The predicted molar refractivity (Wildman–Crippen MR) is 67.9 cm³/mol. The van der Waals surface area contributed by atoms with Crippen molar-refractivity contribution in [1.29, 1.82) is 0 Å². The summed E-state index contributed by atoms with van der Waals surface area (Å²) in [4.78, 5) is 4.22. The molecule has 0 aliphatic carbocycles. The molecule has 0 fully saturated rings. The van der Waals surface area contributed by atoms with Gasteiger partial charge in [-0.1, -0.05) is 0 Å². The van der Waals surface area contributed by atoms with E-state index in [0.717, 1.165) is 12.1 Å². The van der Waals surface area contributed by atoms with Gasteiger partial charge in [0.1, 0.15) is 6.26 Å². The Bertz CT molecular complexity index is 708. The maximum atomic E-state index is 13.0. The van der Waals surface area contributed by atoms with Gasteiger partial charge in [0.15, 0.2) is 17.4 Å². The highest BCUT2D eigenvalue weighted by Gasteiger charge is 2.09. The summed E-state index contributed by atoms with van der Waals surface area (Å²) in [5.41, 5.74) is 1.09. The minimum Gasteiger partial charge on any atom is -0.459 e. The molecule has 0 bridgehead atoms. The summed E-state index contributed by atoms with van der Waals surface area (Å²) in [7, 11) is 0. The molecule has 0 amide bonds. The number of halogens is 2. The first-order chi connectivity index (χ1) is 9.72. The molecule has 2 heterocycles. The highest BCUT2D eigenvalue weighted by Crippen LogP contribution is 2.19. The monoisotopic (exact) mass is 276 g/mol. The molecule has 4 nitrogen and oxygen atoms in total. The lowest BCUT2D eigenvalue weighted by molar-refractivity contribution is 0.509. The van der Waals surface area contributed by atoms with Crippen molar-refractivity contribution in [2.75, 3.05) is 5.32 Å². The van der Waals surface area contributed by atoms with E-state index in [1.54, 1.807) is 12.1 Å². The van der Waals surface area contributed by atoms with E-state index in [-0.39, 0.29) is 0 Å². The molecule has 0 saturated heterocycles. The van der Waals surface area contributed by atoms with E-state index < -0.39 is 11.6 Å². The molecule has 0 radical (unpaired) electrons. The lowest BCUT2D eigenvalue weighted by Crippen LogP contribution is -2.00. The van der Waals surface area contributed by atoms with E-state index in [1.165, 1.54) is 18.6 Å². The number of nitrogens with one attached hydrogen (secondary N) is 1. The molecule has 3 rings (SSSR count). The first-order valence-electron chi connectivity index (χ1n) is 5.89. The van der Waals surface area contributed by atoms with Crippen LogP contribution in [0, 0.1) is 11.6 Å². The molecule has 2 aromatic heterocycles. The third kappa shape index (κ3) is 2.54. The van der Waals surface area contributed by atoms with Crippen molar-refractivity contribution in [2.24, 2.45) is 0 Å². The van der Waals surface area contributed by atoms with Gasteiger partial charge in [0.2, 0.25) is 0 Å². The molecule has 0 aliphatic rings. The maximum Gasteiger partial charge on any atom is 0.263 e. The quantitative estimate of drug-likeness (QED) is 0.787. The van der Waals surface area contributed by atoms with Gasteiger partial charge in [0.25, 0.3) is 5.89 Å². The number of rotatable bonds is 4. The van der Waals surface area contributed by atoms with Gasteiger partial charge in [-0.15, -0.1) is 0 Å². The molecule has 0 saturated carbocycles. The van der Waals surface area contributed by atoms with Crippen LogP contribution in [-0.4, -0.2) is 4.98 Å². The molecule has 0 atom stereocenters. The number of aromatic nitrogens is 1. The Morgan fingerprint density at radius 1 is 1.10 bits per heavy atom. The van der Waals surface area contributed by atoms with Gasteiger partial charge in [-0.25, -0.2) is 13.8 Å². The summed E-state index contributed by atoms with van der Waals surface area (Å²) in [5, 5.41) is 2.93. The minimum atomic E-state index is -0.897. The fraction of sp³-hybridized carbons (Fsp3) is 0.0714. The van der Waals surface area contributed by atoms with Crippen molar-refractivity contribution < 1.29 is 17.6 Å². The third-order valence-electron chi connectivity index (χ3n) is 2.68. The average Bonchev–Trinajstić information content (AvgIpc) is 3.09. The van der Waals surface area contributed by atoms with Crippen LogP contribution in [0.15, 0.2) is 51.7 Å². The van der Waals surface area contributed by atoms with E-state index in [9.17, 15) is 8.78 Å². The summed E-state index contributed by atoms with van der Waals surface area (Å²) >= 11 is 0. The molecule has 0 aliphatic heterocycles. The van der Waals surface area contributed by atoms with E-state index in [1.807, 2.05) is 0 Å². The van der Waals surface area contributed by atoms with E-state index in [2.05, 4.69) is 10.3 Å². The smallest absolute Gasteiger partial charge is 0.263 e. The molecule has 102 valence electrons. The fourth-order valence-electron chi connectivity index (χ4n) is 1.70. The van der Waals surface area contributed by atoms with Crippen molar-refractivity contribution in [1.82, 2.24) is 4.98 Å². The summed E-state index contributed by atoms with van der Waals surface area (Å²) in [5.74, 6) is -0.871. The lowest BCUT2D eigenvalue weighted by Gasteiger charge is -2.04. The second kappa shape index (κ2) is 5.16. The van der Waals surface area contributed by atoms with Gasteiger partial charge in [0.05, 0.1) is 18.5 Å². The Kier molecular flexibility index (Phi) is 3.20. The topological polar surface area (TPSA) is 51.2 Å². The van der Waals surface area contributed by atoms with Crippen LogP contribution in [0.25, 0.3) is 11.7 Å². The van der Waals surface area contributed by atoms with Crippen LogP contribution >= 0.6 is 0 Å². The van der Waals surface area contributed by atoms with E-state index >= 15 is 0 Å². The standard InChI is InChI=1S/C14H10F2N2O2/c15-11-4-3-9(6-12(11)16)17-7-10-8-20-14(18-10)13-2-1-5-19-13/h1-6,8,17H,7H2. The Balaban J connectivity index is 1.68. The Labute approximate surface area is 113 Å². The first-order valence-corrected chi connectivity index (χ1v) is 5.89. The second-order valence-electron chi connectivity index (χ2n) is 4.10. The summed E-state index contributed by atoms with van der Waals surface area (Å²) in [6.45, 7) is 0.329. The zero-order valence-electron chi connectivity index (χ0n) is 10.3. The largest absolute Gasteiger partial charge is 0.459 e. The number of hydrogen-bond donors (Lipinski definition) is 1. The molecule has 6 heteroatoms. The normalized spacial score (nSPS) is 10.7. The predicted octanol–water partition coefficient (Wildman–Crippen LogP) is 3.82. The molecule has 1 N–H and O–H groups in total. The van der Waals surface area contributed by atoms with Gasteiger partial charge in [-0.05, 0) is 24.3 Å². The number of hydrogen-bond acceptors (Lipinski definition) is 4. The molecule has 0 unspecified atom stereocenters. The first kappa shape index (κ1) is 12.4. The molecule has 1 aromatic carbocycles. The highest BCUT2D eigenvalue weighted by atomic mass is 19.2. The van der Waals surface area contributed by atoms with Crippen molar-refractivity contribution in [3.05, 3.63) is 60.2 Å². The zero-order chi connectivity index (χ0) is 13.9. The average molecular weight is 276 g/mol. The summed E-state index contributed by atoms with van der Waals surface area (Å²) < 4.78 is 36.2. The highest BCUT2D eigenvalue weighted by molar-refractivity contribution is 5.45. The van der Waals surface area contributed by atoms with E-state index in [4.69, 9.17) is 8.83 Å². The van der Waals surface area contributed by atoms with Crippen LogP contribution in [0.4, 0.5) is 14.5 Å². The number of oxazole rings is 1. The number of benzene rings is 1. The molecular formula is C14H10F2N2O2. The number of furan rings is 1. The fourth-order valence-corrected chi connectivity index (χ4v) is 1.70. The Hall–Kier alpha value is -2.63. The second-order valence-corrected chi connectivity index (χ2v) is 4.10. The van der Waals surface area contributed by atoms with Crippen LogP contribution in [0.5, 0.6) is 0 Å². The minimum absolute atomic E-state index is 0.329. The van der Waals surface area contributed by atoms with Crippen molar-refractivity contribution in [2.45, 2.75) is 6.54 Å². The molecular weight excluding hydrogens is 266 g/mol. The number of anilines is 1. The molecule has 0 spiro atoms. The van der Waals surface area contributed by atoms with Crippen LogP contribution in [0.3, 0.4) is 0 Å². The summed E-state index contributed by atoms with van der Waals surface area (Å²) in [6, 6.07) is 7.07. The van der Waals surface area contributed by atoms with Gasteiger partial charge in [0, 0.05) is 11.8 Å².